The second kappa shape index (κ2) is 9.35. The Kier molecular flexibility index (Phi) is 7.10. The molecule has 0 aliphatic rings. The highest BCUT2D eigenvalue weighted by atomic mass is 35.5. The molecule has 6 nitrogen and oxygen atoms in total. The van der Waals surface area contributed by atoms with Crippen LogP contribution in [0, 0.1) is 0 Å². The first-order valence-electron chi connectivity index (χ1n) is 8.59. The quantitative estimate of drug-likeness (QED) is 0.197. The fourth-order valence-electron chi connectivity index (χ4n) is 3.00. The lowest BCUT2D eigenvalue weighted by atomic mass is 10.1. The van der Waals surface area contributed by atoms with Crippen molar-refractivity contribution in [2.75, 3.05) is 0 Å². The van der Waals surface area contributed by atoms with Crippen LogP contribution in [0.15, 0.2) is 85.5 Å². The van der Waals surface area contributed by atoms with Crippen molar-refractivity contribution in [3.8, 4) is 45.5 Å². The Bertz CT molecular complexity index is 1060. The number of phenols is 4. The van der Waals surface area contributed by atoms with Gasteiger partial charge in [0.15, 0.2) is 36.3 Å². The van der Waals surface area contributed by atoms with Crippen LogP contribution in [0.5, 0.6) is 23.0 Å². The monoisotopic (exact) mass is 444 g/mol. The van der Waals surface area contributed by atoms with Gasteiger partial charge < -0.3 is 45.2 Å². The Hall–Kier alpha value is -3.48. The minimum Gasteiger partial charge on any atom is -1.00 e. The van der Waals surface area contributed by atoms with Gasteiger partial charge in [-0.25, -0.2) is 0 Å². The lowest BCUT2D eigenvalue weighted by Crippen LogP contribution is -3.00. The summed E-state index contributed by atoms with van der Waals surface area (Å²) in [6, 6.07) is 16.3. The zero-order valence-electron chi connectivity index (χ0n) is 15.5. The summed E-state index contributed by atoms with van der Waals surface area (Å²) in [4.78, 5) is 0. The summed E-state index contributed by atoms with van der Waals surface area (Å²) in [5.41, 5.74) is 2.89. The minimum absolute atomic E-state index is 0. The average molecular weight is 445 g/mol. The molecule has 0 saturated carbocycles. The van der Waals surface area contributed by atoms with Crippen molar-refractivity contribution >= 4 is 0 Å². The fraction of sp³-hybridized carbons (Fsp3) is 0. The van der Waals surface area contributed by atoms with Gasteiger partial charge in [-0.1, -0.05) is 0 Å². The Balaban J connectivity index is 0.00000160. The van der Waals surface area contributed by atoms with Crippen LogP contribution < -0.4 is 33.9 Å². The Morgan fingerprint density at radius 1 is 0.467 bits per heavy atom. The normalized spacial score (nSPS) is 10.0. The zero-order chi connectivity index (χ0) is 19.7. The highest BCUT2D eigenvalue weighted by Crippen LogP contribution is 2.24. The molecule has 0 aliphatic heterocycles. The number of halogens is 2. The smallest absolute Gasteiger partial charge is 0.256 e. The molecule has 0 radical (unpaired) electrons. The number of hydrogen-bond donors (Lipinski definition) is 4. The van der Waals surface area contributed by atoms with Crippen molar-refractivity contribution in [1.29, 1.82) is 0 Å². The molecule has 8 heteroatoms. The standard InChI is InChI=1S/C22H16N2O4.2ClH/c25-17-1-3-21(27)19(13-17)23-9-5-15(6-10-23)16-7-11-24(12-8-16)20-14-18(26)2-4-22(20)28;;/h1-14H,(H2,25,26,27,28);2*1H. The molecule has 0 bridgehead atoms. The number of nitrogens with zero attached hydrogens (tertiary/aromatic N) is 2. The average Bonchev–Trinajstić information content (AvgIpc) is 2.72. The first kappa shape index (κ1) is 22.8. The summed E-state index contributed by atoms with van der Waals surface area (Å²) in [5.74, 6) is 0.295. The molecule has 0 saturated heterocycles. The van der Waals surface area contributed by atoms with E-state index in [9.17, 15) is 20.4 Å². The van der Waals surface area contributed by atoms with Gasteiger partial charge in [0, 0.05) is 24.3 Å². The fourth-order valence-corrected chi connectivity index (χ4v) is 3.00. The highest BCUT2D eigenvalue weighted by molar-refractivity contribution is 5.61. The maximum atomic E-state index is 9.98. The van der Waals surface area contributed by atoms with Crippen molar-refractivity contribution in [1.82, 2.24) is 0 Å². The summed E-state index contributed by atoms with van der Waals surface area (Å²) in [7, 11) is 0. The summed E-state index contributed by atoms with van der Waals surface area (Å²) >= 11 is 0. The van der Waals surface area contributed by atoms with Crippen LogP contribution in [0.2, 0.25) is 0 Å². The van der Waals surface area contributed by atoms with E-state index >= 15 is 0 Å². The molecule has 2 heterocycles. The Morgan fingerprint density at radius 3 is 1.13 bits per heavy atom. The van der Waals surface area contributed by atoms with Crippen LogP contribution in [-0.4, -0.2) is 20.4 Å². The molecular formula is C22H18Cl2N2O4. The summed E-state index contributed by atoms with van der Waals surface area (Å²) in [5, 5.41) is 39.2. The molecule has 4 N–H and O–H groups in total. The number of aromatic nitrogens is 2. The topological polar surface area (TPSA) is 88.7 Å². The first-order chi connectivity index (χ1) is 13.5. The third kappa shape index (κ3) is 4.56. The number of aromatic hydroxyl groups is 4. The van der Waals surface area contributed by atoms with Gasteiger partial charge in [-0.05, 0) is 35.4 Å². The summed E-state index contributed by atoms with van der Waals surface area (Å²) in [6.07, 6.45) is 7.19. The van der Waals surface area contributed by atoms with Crippen LogP contribution in [-0.2, 0) is 0 Å². The molecule has 2 aromatic carbocycles. The molecule has 0 unspecified atom stereocenters. The van der Waals surface area contributed by atoms with Gasteiger partial charge >= 0.3 is 0 Å². The van der Waals surface area contributed by atoms with Gasteiger partial charge in [-0.3, -0.25) is 0 Å². The van der Waals surface area contributed by atoms with Crippen LogP contribution in [0.1, 0.15) is 0 Å². The molecule has 0 amide bonds. The van der Waals surface area contributed by atoms with Crippen LogP contribution in [0.4, 0.5) is 0 Å². The molecule has 0 atom stereocenters. The number of hydrogen-bond acceptors (Lipinski definition) is 4. The van der Waals surface area contributed by atoms with Gasteiger partial charge in [-0.15, -0.1) is 0 Å². The molecule has 4 aromatic rings. The van der Waals surface area contributed by atoms with Crippen molar-refractivity contribution in [3.05, 3.63) is 85.5 Å². The zero-order valence-corrected chi connectivity index (χ0v) is 17.0. The molecule has 0 aliphatic carbocycles. The van der Waals surface area contributed by atoms with E-state index in [0.717, 1.165) is 11.1 Å². The summed E-state index contributed by atoms with van der Waals surface area (Å²) in [6.45, 7) is 0. The maximum Gasteiger partial charge on any atom is 0.256 e. The van der Waals surface area contributed by atoms with E-state index in [0.29, 0.717) is 11.4 Å². The second-order valence-electron chi connectivity index (χ2n) is 6.33. The van der Waals surface area contributed by atoms with Gasteiger partial charge in [0.2, 0.25) is 0 Å². The van der Waals surface area contributed by atoms with E-state index in [1.165, 1.54) is 36.4 Å². The van der Waals surface area contributed by atoms with E-state index in [1.54, 1.807) is 33.9 Å². The van der Waals surface area contributed by atoms with Crippen LogP contribution >= 0.6 is 0 Å². The van der Waals surface area contributed by atoms with E-state index in [1.807, 2.05) is 24.3 Å². The first-order valence-corrected chi connectivity index (χ1v) is 8.59. The molecule has 30 heavy (non-hydrogen) atoms. The van der Waals surface area contributed by atoms with E-state index in [4.69, 9.17) is 0 Å². The molecule has 0 spiro atoms. The lowest BCUT2D eigenvalue weighted by Gasteiger charge is -2.03. The van der Waals surface area contributed by atoms with Gasteiger partial charge in [0.25, 0.3) is 11.4 Å². The summed E-state index contributed by atoms with van der Waals surface area (Å²) < 4.78 is 3.43. The van der Waals surface area contributed by atoms with E-state index < -0.39 is 0 Å². The van der Waals surface area contributed by atoms with E-state index in [2.05, 4.69) is 0 Å². The molecule has 4 rings (SSSR count). The van der Waals surface area contributed by atoms with E-state index in [-0.39, 0.29) is 47.8 Å². The maximum absolute atomic E-state index is 9.98. The van der Waals surface area contributed by atoms with Gasteiger partial charge in [0.05, 0.1) is 12.1 Å². The van der Waals surface area contributed by atoms with Crippen LogP contribution in [0.3, 0.4) is 0 Å². The molecular weight excluding hydrogens is 427 g/mol. The van der Waals surface area contributed by atoms with Crippen molar-refractivity contribution in [2.24, 2.45) is 0 Å². The molecule has 154 valence electrons. The Labute approximate surface area is 185 Å². The van der Waals surface area contributed by atoms with Crippen molar-refractivity contribution < 1.29 is 54.4 Å². The van der Waals surface area contributed by atoms with Gasteiger partial charge in [0.1, 0.15) is 11.5 Å². The predicted molar refractivity (Wildman–Crippen MR) is 102 cm³/mol. The Morgan fingerprint density at radius 2 is 0.800 bits per heavy atom. The molecule has 2 aromatic heterocycles. The third-order valence-corrected chi connectivity index (χ3v) is 4.47. The number of pyridine rings is 2. The highest BCUT2D eigenvalue weighted by Gasteiger charge is 2.15. The van der Waals surface area contributed by atoms with Crippen LogP contribution in [0.25, 0.3) is 22.5 Å². The third-order valence-electron chi connectivity index (χ3n) is 4.47. The molecule has 0 fully saturated rings. The predicted octanol–water partition coefficient (Wildman–Crippen LogP) is -3.26. The van der Waals surface area contributed by atoms with Gasteiger partial charge in [-0.2, -0.15) is 9.13 Å². The lowest BCUT2D eigenvalue weighted by molar-refractivity contribution is -0.596. The largest absolute Gasteiger partial charge is 1.00 e. The van der Waals surface area contributed by atoms with Crippen molar-refractivity contribution in [3.63, 3.8) is 0 Å². The number of rotatable bonds is 3. The second-order valence-corrected chi connectivity index (χ2v) is 6.33. The van der Waals surface area contributed by atoms with Crippen molar-refractivity contribution in [2.45, 2.75) is 0 Å². The minimum atomic E-state index is 0. The number of benzene rings is 2. The number of phenolic OH excluding ortho intramolecular Hbond substituents is 4. The SMILES string of the molecule is Oc1ccc(O)c(-[n+]2ccc(-c3cc[n+](-c4cc(O)ccc4O)cc3)cc2)c1.[Cl-].[Cl-].